The Hall–Kier alpha value is -0.980. The van der Waals surface area contributed by atoms with Crippen molar-refractivity contribution in [2.75, 3.05) is 5.75 Å². The zero-order chi connectivity index (χ0) is 10.4. The maximum absolute atomic E-state index is 8.49. The molecule has 3 heteroatoms. The highest BCUT2D eigenvalue weighted by Crippen LogP contribution is 2.19. The van der Waals surface area contributed by atoms with E-state index in [0.29, 0.717) is 0 Å². The minimum atomic E-state index is -0.327. The van der Waals surface area contributed by atoms with E-state index in [0.717, 1.165) is 12.2 Å². The van der Waals surface area contributed by atoms with Gasteiger partial charge in [0.25, 0.3) is 0 Å². The topological polar surface area (TPSA) is 49.8 Å². The standard InChI is InChI=1S/C11H14N2S/c1-9-3-2-4-11(7-9)14-6-5-10(13)8-12/h2-4,7,10H,5-6,13H2,1H3. The molecule has 0 saturated carbocycles. The Morgan fingerprint density at radius 1 is 1.57 bits per heavy atom. The van der Waals surface area contributed by atoms with Crippen molar-refractivity contribution in [3.63, 3.8) is 0 Å². The van der Waals surface area contributed by atoms with Gasteiger partial charge in [-0.15, -0.1) is 11.8 Å². The summed E-state index contributed by atoms with van der Waals surface area (Å²) in [5.41, 5.74) is 6.76. The molecule has 0 bridgehead atoms. The molecule has 0 radical (unpaired) electrons. The predicted molar refractivity (Wildman–Crippen MR) is 60.1 cm³/mol. The van der Waals surface area contributed by atoms with E-state index in [1.54, 1.807) is 11.8 Å². The van der Waals surface area contributed by atoms with E-state index in [1.807, 2.05) is 12.1 Å². The molecule has 2 nitrogen and oxygen atoms in total. The van der Waals surface area contributed by atoms with Crippen LogP contribution < -0.4 is 5.73 Å². The average molecular weight is 206 g/mol. The van der Waals surface area contributed by atoms with Gasteiger partial charge in [0.15, 0.2) is 0 Å². The molecule has 0 heterocycles. The van der Waals surface area contributed by atoms with Crippen LogP contribution in [-0.4, -0.2) is 11.8 Å². The number of nitrogens with two attached hydrogens (primary N) is 1. The molecule has 0 saturated heterocycles. The molecule has 1 aromatic rings. The minimum Gasteiger partial charge on any atom is -0.316 e. The van der Waals surface area contributed by atoms with E-state index in [9.17, 15) is 0 Å². The monoisotopic (exact) mass is 206 g/mol. The summed E-state index contributed by atoms with van der Waals surface area (Å²) in [5.74, 6) is 0.901. The van der Waals surface area contributed by atoms with Crippen LogP contribution in [-0.2, 0) is 0 Å². The van der Waals surface area contributed by atoms with Crippen molar-refractivity contribution in [3.8, 4) is 6.07 Å². The normalized spacial score (nSPS) is 12.1. The van der Waals surface area contributed by atoms with Gasteiger partial charge in [0.05, 0.1) is 12.1 Å². The molecule has 0 aliphatic carbocycles. The molecule has 0 fully saturated rings. The van der Waals surface area contributed by atoms with Crippen molar-refractivity contribution in [3.05, 3.63) is 29.8 Å². The maximum atomic E-state index is 8.49. The molecule has 1 rings (SSSR count). The Morgan fingerprint density at radius 3 is 3.00 bits per heavy atom. The summed E-state index contributed by atoms with van der Waals surface area (Å²) in [6.45, 7) is 2.07. The second-order valence-corrected chi connectivity index (χ2v) is 4.36. The van der Waals surface area contributed by atoms with Crippen LogP contribution in [0.15, 0.2) is 29.2 Å². The van der Waals surface area contributed by atoms with E-state index < -0.39 is 0 Å². The average Bonchev–Trinajstić information content (AvgIpc) is 2.17. The molecule has 14 heavy (non-hydrogen) atoms. The lowest BCUT2D eigenvalue weighted by molar-refractivity contribution is 0.803. The van der Waals surface area contributed by atoms with Crippen LogP contribution in [0.3, 0.4) is 0 Å². The highest BCUT2D eigenvalue weighted by molar-refractivity contribution is 7.99. The minimum absolute atomic E-state index is 0.327. The number of benzene rings is 1. The molecule has 0 amide bonds. The summed E-state index contributed by atoms with van der Waals surface area (Å²) in [4.78, 5) is 1.25. The number of nitriles is 1. The van der Waals surface area contributed by atoms with E-state index in [-0.39, 0.29) is 6.04 Å². The van der Waals surface area contributed by atoms with Gasteiger partial charge in [-0.3, -0.25) is 0 Å². The van der Waals surface area contributed by atoms with Crippen molar-refractivity contribution >= 4 is 11.8 Å². The number of thioether (sulfide) groups is 1. The third-order valence-corrected chi connectivity index (χ3v) is 2.88. The fourth-order valence-electron chi connectivity index (χ4n) is 1.07. The number of nitrogens with zero attached hydrogens (tertiary/aromatic N) is 1. The summed E-state index contributed by atoms with van der Waals surface area (Å²) in [6, 6.07) is 10.0. The fourth-order valence-corrected chi connectivity index (χ4v) is 2.12. The maximum Gasteiger partial charge on any atom is 0.0936 e. The largest absolute Gasteiger partial charge is 0.316 e. The molecule has 1 atom stereocenters. The zero-order valence-corrected chi connectivity index (χ0v) is 9.05. The Morgan fingerprint density at radius 2 is 2.36 bits per heavy atom. The lowest BCUT2D eigenvalue weighted by Crippen LogP contribution is -2.17. The van der Waals surface area contributed by atoms with Crippen molar-refractivity contribution in [2.45, 2.75) is 24.3 Å². The molecule has 0 spiro atoms. The number of hydrogen-bond donors (Lipinski definition) is 1. The summed E-state index contributed by atoms with van der Waals surface area (Å²) in [7, 11) is 0. The lowest BCUT2D eigenvalue weighted by Gasteiger charge is -2.03. The second kappa shape index (κ2) is 5.69. The van der Waals surface area contributed by atoms with Crippen LogP contribution in [0.4, 0.5) is 0 Å². The SMILES string of the molecule is Cc1cccc(SCCC(N)C#N)c1. The van der Waals surface area contributed by atoms with Gasteiger partial charge in [-0.1, -0.05) is 17.7 Å². The molecule has 74 valence electrons. The van der Waals surface area contributed by atoms with Crippen LogP contribution in [0.5, 0.6) is 0 Å². The van der Waals surface area contributed by atoms with Crippen LogP contribution in [0.25, 0.3) is 0 Å². The van der Waals surface area contributed by atoms with Crippen LogP contribution in [0.2, 0.25) is 0 Å². The molecule has 0 aromatic heterocycles. The summed E-state index contributed by atoms with van der Waals surface area (Å²) >= 11 is 1.75. The molecule has 1 aromatic carbocycles. The van der Waals surface area contributed by atoms with Gasteiger partial charge in [0.2, 0.25) is 0 Å². The first-order chi connectivity index (χ1) is 6.72. The molecular weight excluding hydrogens is 192 g/mol. The summed E-state index contributed by atoms with van der Waals surface area (Å²) in [6.07, 6.45) is 0.745. The predicted octanol–water partition coefficient (Wildman–Crippen LogP) is 2.33. The van der Waals surface area contributed by atoms with E-state index in [2.05, 4.69) is 25.1 Å². The van der Waals surface area contributed by atoms with Gasteiger partial charge in [-0.25, -0.2) is 0 Å². The van der Waals surface area contributed by atoms with Gasteiger partial charge >= 0.3 is 0 Å². The molecule has 1 unspecified atom stereocenters. The molecule has 0 aliphatic rings. The van der Waals surface area contributed by atoms with Crippen molar-refractivity contribution in [1.82, 2.24) is 0 Å². The van der Waals surface area contributed by atoms with Gasteiger partial charge in [-0.2, -0.15) is 5.26 Å². The number of rotatable bonds is 4. The fraction of sp³-hybridized carbons (Fsp3) is 0.364. The summed E-state index contributed by atoms with van der Waals surface area (Å²) in [5, 5.41) is 8.49. The lowest BCUT2D eigenvalue weighted by atomic mass is 10.2. The van der Waals surface area contributed by atoms with E-state index in [1.165, 1.54) is 10.5 Å². The first-order valence-electron chi connectivity index (χ1n) is 4.57. The third kappa shape index (κ3) is 3.82. The highest BCUT2D eigenvalue weighted by Gasteiger charge is 2.00. The van der Waals surface area contributed by atoms with E-state index >= 15 is 0 Å². The Kier molecular flexibility index (Phi) is 4.51. The first kappa shape index (κ1) is 11.1. The van der Waals surface area contributed by atoms with Gasteiger partial charge in [0, 0.05) is 10.6 Å². The first-order valence-corrected chi connectivity index (χ1v) is 5.55. The Bertz CT molecular complexity index is 330. The smallest absolute Gasteiger partial charge is 0.0936 e. The molecular formula is C11H14N2S. The third-order valence-electron chi connectivity index (χ3n) is 1.85. The van der Waals surface area contributed by atoms with Gasteiger partial charge < -0.3 is 5.73 Å². The molecule has 2 N–H and O–H groups in total. The number of aryl methyl sites for hydroxylation is 1. The highest BCUT2D eigenvalue weighted by atomic mass is 32.2. The molecule has 0 aliphatic heterocycles. The van der Waals surface area contributed by atoms with Crippen LogP contribution in [0, 0.1) is 18.3 Å². The van der Waals surface area contributed by atoms with E-state index in [4.69, 9.17) is 11.0 Å². The van der Waals surface area contributed by atoms with Gasteiger partial charge in [-0.05, 0) is 25.5 Å². The quantitative estimate of drug-likeness (QED) is 0.769. The van der Waals surface area contributed by atoms with Crippen molar-refractivity contribution in [2.24, 2.45) is 5.73 Å². The van der Waals surface area contributed by atoms with Crippen LogP contribution >= 0.6 is 11.8 Å². The van der Waals surface area contributed by atoms with Crippen molar-refractivity contribution in [1.29, 1.82) is 5.26 Å². The summed E-state index contributed by atoms with van der Waals surface area (Å²) < 4.78 is 0. The van der Waals surface area contributed by atoms with Crippen molar-refractivity contribution < 1.29 is 0 Å². The Balaban J connectivity index is 2.36. The Labute approximate surface area is 89.1 Å². The number of hydrogen-bond acceptors (Lipinski definition) is 3. The zero-order valence-electron chi connectivity index (χ0n) is 8.23. The van der Waals surface area contributed by atoms with Crippen LogP contribution in [0.1, 0.15) is 12.0 Å². The van der Waals surface area contributed by atoms with Gasteiger partial charge in [0.1, 0.15) is 0 Å². The second-order valence-electron chi connectivity index (χ2n) is 3.19.